The van der Waals surface area contributed by atoms with Crippen LogP contribution in [0.4, 0.5) is 10.2 Å². The van der Waals surface area contributed by atoms with Gasteiger partial charge in [0.25, 0.3) is 5.91 Å². The molecule has 9 heteroatoms. The largest absolute Gasteiger partial charge is 0.484 e. The van der Waals surface area contributed by atoms with Crippen molar-refractivity contribution in [1.82, 2.24) is 9.78 Å². The fourth-order valence-corrected chi connectivity index (χ4v) is 3.39. The Morgan fingerprint density at radius 2 is 1.94 bits per heavy atom. The van der Waals surface area contributed by atoms with E-state index in [1.165, 1.54) is 12.1 Å². The fraction of sp³-hybridized carbons (Fsp3) is 0.0909. The lowest BCUT2D eigenvalue weighted by atomic mass is 10.2. The number of hydrogen-bond donors (Lipinski definition) is 1. The first-order chi connectivity index (χ1) is 15.0. The molecule has 0 aliphatic carbocycles. The van der Waals surface area contributed by atoms with E-state index in [9.17, 15) is 9.18 Å². The van der Waals surface area contributed by atoms with E-state index in [4.69, 9.17) is 20.8 Å². The number of ether oxygens (including phenoxy) is 1. The maximum Gasteiger partial charge on any atom is 0.292 e. The Labute approximate surface area is 190 Å². The maximum absolute atomic E-state index is 13.0. The van der Waals surface area contributed by atoms with Gasteiger partial charge in [0, 0.05) is 6.20 Å². The van der Waals surface area contributed by atoms with Gasteiger partial charge < -0.3 is 14.5 Å². The third-order valence-electron chi connectivity index (χ3n) is 4.30. The summed E-state index contributed by atoms with van der Waals surface area (Å²) in [6.07, 6.45) is 1.58. The molecular formula is C22H16BrClFN3O3. The Kier molecular flexibility index (Phi) is 6.39. The highest BCUT2D eigenvalue weighted by Crippen LogP contribution is 2.25. The topological polar surface area (TPSA) is 69.3 Å². The molecule has 4 rings (SSSR count). The van der Waals surface area contributed by atoms with Crippen LogP contribution in [0.2, 0.25) is 5.02 Å². The Bertz CT molecular complexity index is 1210. The molecule has 0 spiro atoms. The number of nitrogens with one attached hydrogen (secondary N) is 1. The number of halogens is 3. The molecular weight excluding hydrogens is 489 g/mol. The van der Waals surface area contributed by atoms with Gasteiger partial charge in [-0.25, -0.2) is 4.39 Å². The number of nitrogens with zero attached hydrogens (tertiary/aromatic N) is 2. The first kappa shape index (κ1) is 21.1. The summed E-state index contributed by atoms with van der Waals surface area (Å²) in [4.78, 5) is 12.5. The second-order valence-corrected chi connectivity index (χ2v) is 7.85. The minimum absolute atomic E-state index is 0.106. The van der Waals surface area contributed by atoms with Crippen LogP contribution >= 0.6 is 27.5 Å². The van der Waals surface area contributed by atoms with Gasteiger partial charge in [0.2, 0.25) is 0 Å². The van der Waals surface area contributed by atoms with E-state index in [-0.39, 0.29) is 29.0 Å². The molecule has 0 radical (unpaired) electrons. The number of aromatic nitrogens is 2. The van der Waals surface area contributed by atoms with Crippen molar-refractivity contribution in [2.24, 2.45) is 0 Å². The summed E-state index contributed by atoms with van der Waals surface area (Å²) in [6.45, 7) is 0.552. The molecule has 4 aromatic rings. The Hall–Kier alpha value is -3.10. The van der Waals surface area contributed by atoms with Gasteiger partial charge in [0.05, 0.1) is 11.0 Å². The van der Waals surface area contributed by atoms with Crippen LogP contribution in [0.15, 0.2) is 75.8 Å². The molecule has 0 saturated carbocycles. The Morgan fingerprint density at radius 3 is 2.71 bits per heavy atom. The van der Waals surface area contributed by atoms with E-state index in [1.54, 1.807) is 35.1 Å². The zero-order valence-corrected chi connectivity index (χ0v) is 18.4. The zero-order valence-electron chi connectivity index (χ0n) is 16.0. The van der Waals surface area contributed by atoms with Crippen LogP contribution in [-0.4, -0.2) is 15.7 Å². The molecule has 2 aromatic carbocycles. The minimum atomic E-state index is -0.485. The monoisotopic (exact) mass is 503 g/mol. The van der Waals surface area contributed by atoms with Gasteiger partial charge in [-0.05, 0) is 57.9 Å². The summed E-state index contributed by atoms with van der Waals surface area (Å²) in [5.74, 6) is 0.680. The van der Waals surface area contributed by atoms with E-state index >= 15 is 0 Å². The molecule has 0 aliphatic rings. The highest BCUT2D eigenvalue weighted by molar-refractivity contribution is 9.10. The third-order valence-corrected chi connectivity index (χ3v) is 5.23. The van der Waals surface area contributed by atoms with Crippen LogP contribution in [0.1, 0.15) is 21.9 Å². The molecule has 1 N–H and O–H groups in total. The second-order valence-electron chi connectivity index (χ2n) is 6.59. The van der Waals surface area contributed by atoms with Gasteiger partial charge in [-0.2, -0.15) is 5.10 Å². The first-order valence-corrected chi connectivity index (χ1v) is 10.4. The van der Waals surface area contributed by atoms with E-state index in [0.29, 0.717) is 18.1 Å². The standard InChI is InChI=1S/C22H16BrClFN3O3/c23-17-3-1-2-4-19(17)30-13-16-9-10-20(31-16)22(29)26-21-18(24)12-28(27-21)11-14-5-7-15(25)8-6-14/h1-10,12H,11,13H2,(H,26,27,29). The van der Waals surface area contributed by atoms with Crippen molar-refractivity contribution in [2.75, 3.05) is 5.32 Å². The average molecular weight is 505 g/mol. The van der Waals surface area contributed by atoms with Gasteiger partial charge in [0.15, 0.2) is 11.6 Å². The van der Waals surface area contributed by atoms with Crippen molar-refractivity contribution in [3.05, 3.63) is 99.3 Å². The fourth-order valence-electron chi connectivity index (χ4n) is 2.80. The number of para-hydroxylation sites is 1. The molecule has 6 nitrogen and oxygen atoms in total. The minimum Gasteiger partial charge on any atom is -0.484 e. The molecule has 1 amide bonds. The number of furan rings is 1. The first-order valence-electron chi connectivity index (χ1n) is 9.23. The normalized spacial score (nSPS) is 10.8. The van der Waals surface area contributed by atoms with Crippen LogP contribution in [0.25, 0.3) is 0 Å². The van der Waals surface area contributed by atoms with Gasteiger partial charge >= 0.3 is 0 Å². The summed E-state index contributed by atoms with van der Waals surface area (Å²) < 4.78 is 26.7. The lowest BCUT2D eigenvalue weighted by molar-refractivity contribution is 0.0992. The van der Waals surface area contributed by atoms with E-state index < -0.39 is 5.91 Å². The number of benzene rings is 2. The van der Waals surface area contributed by atoms with Crippen molar-refractivity contribution in [3.63, 3.8) is 0 Å². The predicted molar refractivity (Wildman–Crippen MR) is 118 cm³/mol. The van der Waals surface area contributed by atoms with Crippen molar-refractivity contribution in [2.45, 2.75) is 13.2 Å². The van der Waals surface area contributed by atoms with Crippen LogP contribution in [0, 0.1) is 5.82 Å². The summed E-state index contributed by atoms with van der Waals surface area (Å²) in [6, 6.07) is 16.7. The predicted octanol–water partition coefficient (Wildman–Crippen LogP) is 5.91. The molecule has 2 heterocycles. The van der Waals surface area contributed by atoms with Crippen molar-refractivity contribution in [3.8, 4) is 5.75 Å². The summed E-state index contributed by atoms with van der Waals surface area (Å²) in [5.41, 5.74) is 0.846. The third kappa shape index (κ3) is 5.34. The maximum atomic E-state index is 13.0. The number of rotatable bonds is 7. The number of anilines is 1. The van der Waals surface area contributed by atoms with Crippen LogP contribution in [-0.2, 0) is 13.2 Å². The molecule has 0 unspecified atom stereocenters. The molecule has 158 valence electrons. The molecule has 2 aromatic heterocycles. The molecule has 0 saturated heterocycles. The van der Waals surface area contributed by atoms with E-state index in [0.717, 1.165) is 10.0 Å². The number of carbonyl (C=O) groups is 1. The highest BCUT2D eigenvalue weighted by atomic mass is 79.9. The SMILES string of the molecule is O=C(Nc1nn(Cc2ccc(F)cc2)cc1Cl)c1ccc(COc2ccccc2Br)o1. The summed E-state index contributed by atoms with van der Waals surface area (Å²) in [5, 5.41) is 7.18. The zero-order chi connectivity index (χ0) is 21.8. The molecule has 0 fully saturated rings. The number of hydrogen-bond acceptors (Lipinski definition) is 4. The summed E-state index contributed by atoms with van der Waals surface area (Å²) in [7, 11) is 0. The quantitative estimate of drug-likeness (QED) is 0.340. The van der Waals surface area contributed by atoms with E-state index in [2.05, 4.69) is 26.3 Å². The van der Waals surface area contributed by atoms with Gasteiger partial charge in [-0.1, -0.05) is 35.9 Å². The molecule has 0 bridgehead atoms. The number of carbonyl (C=O) groups excluding carboxylic acids is 1. The summed E-state index contributed by atoms with van der Waals surface area (Å²) >= 11 is 9.60. The molecule has 0 atom stereocenters. The second kappa shape index (κ2) is 9.36. The van der Waals surface area contributed by atoms with E-state index in [1.807, 2.05) is 24.3 Å². The van der Waals surface area contributed by atoms with Gasteiger partial charge in [0.1, 0.15) is 29.0 Å². The Morgan fingerprint density at radius 1 is 1.16 bits per heavy atom. The molecule has 31 heavy (non-hydrogen) atoms. The van der Waals surface area contributed by atoms with Gasteiger partial charge in [-0.15, -0.1) is 0 Å². The van der Waals surface area contributed by atoms with Gasteiger partial charge in [-0.3, -0.25) is 9.48 Å². The molecule has 0 aliphatic heterocycles. The average Bonchev–Trinajstić information content (AvgIpc) is 3.36. The number of amides is 1. The smallest absolute Gasteiger partial charge is 0.292 e. The van der Waals surface area contributed by atoms with Crippen molar-refractivity contribution in [1.29, 1.82) is 0 Å². The van der Waals surface area contributed by atoms with Crippen molar-refractivity contribution < 1.29 is 18.3 Å². The lowest BCUT2D eigenvalue weighted by Gasteiger charge is -2.05. The highest BCUT2D eigenvalue weighted by Gasteiger charge is 2.16. The lowest BCUT2D eigenvalue weighted by Crippen LogP contribution is -2.12. The Balaban J connectivity index is 1.38. The van der Waals surface area contributed by atoms with Crippen LogP contribution in [0.3, 0.4) is 0 Å². The van der Waals surface area contributed by atoms with Crippen LogP contribution in [0.5, 0.6) is 5.75 Å². The van der Waals surface area contributed by atoms with Crippen molar-refractivity contribution >= 4 is 39.3 Å². The van der Waals surface area contributed by atoms with Crippen LogP contribution < -0.4 is 10.1 Å².